The number of hydrogen-bond donors (Lipinski definition) is 1. The molecule has 0 radical (unpaired) electrons. The fourth-order valence-corrected chi connectivity index (χ4v) is 2.66. The second-order valence-corrected chi connectivity index (χ2v) is 5.28. The summed E-state index contributed by atoms with van der Waals surface area (Å²) in [5, 5.41) is 7.79. The van der Waals surface area contributed by atoms with Crippen LogP contribution in [0.4, 0.5) is 0 Å². The molecule has 5 heteroatoms. The van der Waals surface area contributed by atoms with Gasteiger partial charge in [-0.15, -0.1) is 0 Å². The summed E-state index contributed by atoms with van der Waals surface area (Å²) in [5.74, 6) is 0. The van der Waals surface area contributed by atoms with Crippen molar-refractivity contribution in [2.75, 3.05) is 39.9 Å². The molecule has 0 amide bonds. The van der Waals surface area contributed by atoms with Crippen LogP contribution in [-0.4, -0.2) is 60.6 Å². The highest BCUT2D eigenvalue weighted by atomic mass is 16.5. The van der Waals surface area contributed by atoms with Gasteiger partial charge in [0.15, 0.2) is 0 Å². The Morgan fingerprint density at radius 3 is 3.05 bits per heavy atom. The molecule has 1 saturated heterocycles. The Balaban J connectivity index is 1.80. The first-order valence-electron chi connectivity index (χ1n) is 7.21. The van der Waals surface area contributed by atoms with Crippen molar-refractivity contribution < 1.29 is 4.74 Å². The van der Waals surface area contributed by atoms with Gasteiger partial charge in [0, 0.05) is 58.1 Å². The van der Waals surface area contributed by atoms with Crippen LogP contribution in [0.25, 0.3) is 0 Å². The van der Waals surface area contributed by atoms with E-state index in [0.29, 0.717) is 6.04 Å². The average Bonchev–Trinajstić information content (AvgIpc) is 3.04. The summed E-state index contributed by atoms with van der Waals surface area (Å²) < 4.78 is 7.18. The summed E-state index contributed by atoms with van der Waals surface area (Å²) in [4.78, 5) is 2.50. The van der Waals surface area contributed by atoms with Crippen LogP contribution in [0.3, 0.4) is 0 Å². The second-order valence-electron chi connectivity index (χ2n) is 5.28. The Labute approximate surface area is 115 Å². The third-order valence-electron chi connectivity index (χ3n) is 3.86. The van der Waals surface area contributed by atoms with Crippen LogP contribution in [0.1, 0.15) is 18.5 Å². The number of hydrogen-bond acceptors (Lipinski definition) is 4. The minimum atomic E-state index is 0.656. The molecule has 1 atom stereocenters. The van der Waals surface area contributed by atoms with Crippen LogP contribution in [-0.2, 0) is 18.2 Å². The number of aryl methyl sites for hydroxylation is 1. The van der Waals surface area contributed by atoms with E-state index >= 15 is 0 Å². The molecule has 0 spiro atoms. The fraction of sp³-hybridized carbons (Fsp3) is 0.786. The molecule has 2 rings (SSSR count). The zero-order valence-electron chi connectivity index (χ0n) is 12.1. The summed E-state index contributed by atoms with van der Waals surface area (Å²) in [6.45, 7) is 5.18. The minimum absolute atomic E-state index is 0.656. The van der Waals surface area contributed by atoms with E-state index in [1.54, 1.807) is 7.11 Å². The summed E-state index contributed by atoms with van der Waals surface area (Å²) in [6, 6.07) is 2.76. The molecule has 108 valence electrons. The molecule has 1 aromatic rings. The van der Waals surface area contributed by atoms with E-state index in [9.17, 15) is 0 Å². The molecule has 1 aromatic heterocycles. The summed E-state index contributed by atoms with van der Waals surface area (Å²) in [6.07, 6.45) is 5.53. The van der Waals surface area contributed by atoms with E-state index in [4.69, 9.17) is 4.74 Å². The van der Waals surface area contributed by atoms with Crippen LogP contribution in [0.15, 0.2) is 12.3 Å². The van der Waals surface area contributed by atoms with Gasteiger partial charge in [-0.3, -0.25) is 9.58 Å². The first-order chi connectivity index (χ1) is 9.29. The monoisotopic (exact) mass is 266 g/mol. The van der Waals surface area contributed by atoms with E-state index in [1.165, 1.54) is 25.1 Å². The number of ether oxygens (including phenoxy) is 1. The van der Waals surface area contributed by atoms with Crippen molar-refractivity contribution in [1.29, 1.82) is 0 Å². The van der Waals surface area contributed by atoms with Crippen LogP contribution in [0.2, 0.25) is 0 Å². The molecule has 1 aliphatic heterocycles. The minimum Gasteiger partial charge on any atom is -0.383 e. The van der Waals surface area contributed by atoms with E-state index in [-0.39, 0.29) is 0 Å². The van der Waals surface area contributed by atoms with Gasteiger partial charge in [0.1, 0.15) is 0 Å². The Bertz CT molecular complexity index is 360. The molecule has 0 saturated carbocycles. The van der Waals surface area contributed by atoms with Gasteiger partial charge in [-0.2, -0.15) is 5.10 Å². The highest BCUT2D eigenvalue weighted by Crippen LogP contribution is 2.08. The van der Waals surface area contributed by atoms with Gasteiger partial charge < -0.3 is 10.1 Å². The van der Waals surface area contributed by atoms with E-state index < -0.39 is 0 Å². The zero-order chi connectivity index (χ0) is 13.5. The van der Waals surface area contributed by atoms with Gasteiger partial charge in [-0.25, -0.2) is 0 Å². The van der Waals surface area contributed by atoms with Gasteiger partial charge in [0.25, 0.3) is 0 Å². The molecule has 1 unspecified atom stereocenters. The van der Waals surface area contributed by atoms with Gasteiger partial charge in [-0.1, -0.05) is 0 Å². The van der Waals surface area contributed by atoms with Gasteiger partial charge in [-0.05, 0) is 25.5 Å². The molecule has 19 heavy (non-hydrogen) atoms. The lowest BCUT2D eigenvalue weighted by atomic mass is 10.2. The molecule has 0 aromatic carbocycles. The third-order valence-corrected chi connectivity index (χ3v) is 3.86. The average molecular weight is 266 g/mol. The van der Waals surface area contributed by atoms with Crippen LogP contribution in [0.5, 0.6) is 0 Å². The molecule has 2 heterocycles. The van der Waals surface area contributed by atoms with Crippen molar-refractivity contribution in [3.05, 3.63) is 18.0 Å². The predicted molar refractivity (Wildman–Crippen MR) is 76.3 cm³/mol. The lowest BCUT2D eigenvalue weighted by Crippen LogP contribution is -2.40. The topological polar surface area (TPSA) is 42.3 Å². The number of rotatable bonds is 8. The van der Waals surface area contributed by atoms with Crippen molar-refractivity contribution in [3.63, 3.8) is 0 Å². The molecular formula is C14H26N4O. The first kappa shape index (κ1) is 14.5. The first-order valence-corrected chi connectivity index (χ1v) is 7.21. The Morgan fingerprint density at radius 1 is 1.53 bits per heavy atom. The summed E-state index contributed by atoms with van der Waals surface area (Å²) >= 11 is 0. The van der Waals surface area contributed by atoms with E-state index in [0.717, 1.165) is 32.7 Å². The summed E-state index contributed by atoms with van der Waals surface area (Å²) in [5.41, 5.74) is 1.29. The van der Waals surface area contributed by atoms with Crippen molar-refractivity contribution >= 4 is 0 Å². The maximum absolute atomic E-state index is 5.22. The Kier molecular flexibility index (Phi) is 5.82. The zero-order valence-corrected chi connectivity index (χ0v) is 12.1. The molecule has 1 aliphatic rings. The lowest BCUT2D eigenvalue weighted by molar-refractivity contribution is 0.142. The largest absolute Gasteiger partial charge is 0.383 e. The van der Waals surface area contributed by atoms with Crippen molar-refractivity contribution in [3.8, 4) is 0 Å². The summed E-state index contributed by atoms with van der Waals surface area (Å²) in [7, 11) is 3.78. The quantitative estimate of drug-likeness (QED) is 0.751. The standard InChI is InChI=1S/C14H26N4O/c1-17-14(5-8-16-17)6-9-18(10-11-19-2)12-13-4-3-7-15-13/h5,8,13,15H,3-4,6-7,9-12H2,1-2H3. The highest BCUT2D eigenvalue weighted by molar-refractivity contribution is 5.00. The maximum atomic E-state index is 5.22. The third kappa shape index (κ3) is 4.60. The molecule has 0 bridgehead atoms. The molecule has 5 nitrogen and oxygen atoms in total. The SMILES string of the molecule is COCCN(CCc1ccnn1C)CC1CCCN1. The molecule has 0 aliphatic carbocycles. The van der Waals surface area contributed by atoms with Crippen molar-refractivity contribution in [2.45, 2.75) is 25.3 Å². The van der Waals surface area contributed by atoms with E-state index in [1.807, 2.05) is 17.9 Å². The van der Waals surface area contributed by atoms with Crippen LogP contribution in [0, 0.1) is 0 Å². The van der Waals surface area contributed by atoms with Crippen LogP contribution < -0.4 is 5.32 Å². The van der Waals surface area contributed by atoms with E-state index in [2.05, 4.69) is 21.4 Å². The smallest absolute Gasteiger partial charge is 0.0589 e. The van der Waals surface area contributed by atoms with Crippen LogP contribution >= 0.6 is 0 Å². The Hall–Kier alpha value is -0.910. The predicted octanol–water partition coefficient (Wildman–Crippen LogP) is 0.663. The maximum Gasteiger partial charge on any atom is 0.0589 e. The van der Waals surface area contributed by atoms with Gasteiger partial charge >= 0.3 is 0 Å². The second kappa shape index (κ2) is 7.62. The molecule has 1 N–H and O–H groups in total. The number of methoxy groups -OCH3 is 1. The van der Waals surface area contributed by atoms with Crippen molar-refractivity contribution in [1.82, 2.24) is 20.0 Å². The Morgan fingerprint density at radius 2 is 2.42 bits per heavy atom. The number of nitrogens with one attached hydrogen (secondary N) is 1. The lowest BCUT2D eigenvalue weighted by Gasteiger charge is -2.25. The molecular weight excluding hydrogens is 240 g/mol. The number of nitrogens with zero attached hydrogens (tertiary/aromatic N) is 3. The van der Waals surface area contributed by atoms with Gasteiger partial charge in [0.05, 0.1) is 6.61 Å². The molecule has 1 fully saturated rings. The highest BCUT2D eigenvalue weighted by Gasteiger charge is 2.17. The van der Waals surface area contributed by atoms with Gasteiger partial charge in [0.2, 0.25) is 0 Å². The normalized spacial score (nSPS) is 19.4. The fourth-order valence-electron chi connectivity index (χ4n) is 2.66. The number of aromatic nitrogens is 2. The van der Waals surface area contributed by atoms with Crippen molar-refractivity contribution in [2.24, 2.45) is 7.05 Å².